The van der Waals surface area contributed by atoms with Gasteiger partial charge in [0.2, 0.25) is 11.8 Å². The van der Waals surface area contributed by atoms with Gasteiger partial charge in [-0.15, -0.1) is 10.2 Å². The van der Waals surface area contributed by atoms with Crippen LogP contribution in [0.1, 0.15) is 50.7 Å². The van der Waals surface area contributed by atoms with Gasteiger partial charge in [0.15, 0.2) is 5.82 Å². The standard InChI is InChI=1S/C17H25N5O2/c1-11(2)16-19-18-14-10-20(5-6-22(14)16)17(24)13-7-15(23)21(9-13)8-12-3-4-12/h11-13H,3-10H2,1-2H3/t13-/m1/s1. The third-order valence-electron chi connectivity index (χ3n) is 5.35. The average molecular weight is 331 g/mol. The van der Waals surface area contributed by atoms with Crippen molar-refractivity contribution in [2.45, 2.75) is 52.1 Å². The van der Waals surface area contributed by atoms with Gasteiger partial charge in [0.05, 0.1) is 12.5 Å². The van der Waals surface area contributed by atoms with Crippen molar-refractivity contribution in [3.63, 3.8) is 0 Å². The Hall–Kier alpha value is -1.92. The molecule has 0 bridgehead atoms. The van der Waals surface area contributed by atoms with Crippen LogP contribution < -0.4 is 0 Å². The Morgan fingerprint density at radius 1 is 1.25 bits per heavy atom. The molecule has 0 radical (unpaired) electrons. The molecular formula is C17H25N5O2. The van der Waals surface area contributed by atoms with Gasteiger partial charge in [0.25, 0.3) is 0 Å². The van der Waals surface area contributed by atoms with Gasteiger partial charge in [0.1, 0.15) is 5.82 Å². The number of nitrogens with zero attached hydrogens (tertiary/aromatic N) is 5. The van der Waals surface area contributed by atoms with E-state index in [9.17, 15) is 9.59 Å². The number of hydrogen-bond acceptors (Lipinski definition) is 4. The Morgan fingerprint density at radius 2 is 2.04 bits per heavy atom. The third kappa shape index (κ3) is 2.80. The molecule has 1 aliphatic carbocycles. The first kappa shape index (κ1) is 15.6. The van der Waals surface area contributed by atoms with Crippen molar-refractivity contribution in [3.05, 3.63) is 11.6 Å². The van der Waals surface area contributed by atoms with E-state index in [0.717, 1.165) is 24.7 Å². The van der Waals surface area contributed by atoms with E-state index in [2.05, 4.69) is 28.6 Å². The summed E-state index contributed by atoms with van der Waals surface area (Å²) in [7, 11) is 0. The predicted molar refractivity (Wildman–Crippen MR) is 86.9 cm³/mol. The summed E-state index contributed by atoms with van der Waals surface area (Å²) >= 11 is 0. The lowest BCUT2D eigenvalue weighted by Crippen LogP contribution is -2.42. The summed E-state index contributed by atoms with van der Waals surface area (Å²) in [6.45, 7) is 7.57. The molecule has 1 saturated carbocycles. The Bertz CT molecular complexity index is 664. The smallest absolute Gasteiger partial charge is 0.228 e. The van der Waals surface area contributed by atoms with E-state index in [1.165, 1.54) is 12.8 Å². The van der Waals surface area contributed by atoms with Gasteiger partial charge >= 0.3 is 0 Å². The minimum atomic E-state index is -0.185. The van der Waals surface area contributed by atoms with Gasteiger partial charge in [0, 0.05) is 38.5 Å². The van der Waals surface area contributed by atoms with Crippen LogP contribution in [-0.4, -0.2) is 56.0 Å². The molecule has 4 rings (SSSR count). The molecule has 2 aliphatic heterocycles. The van der Waals surface area contributed by atoms with Gasteiger partial charge in [-0.05, 0) is 18.8 Å². The predicted octanol–water partition coefficient (Wildman–Crippen LogP) is 1.00. The van der Waals surface area contributed by atoms with Crippen LogP contribution >= 0.6 is 0 Å². The number of hydrogen-bond donors (Lipinski definition) is 0. The normalized spacial score (nSPS) is 24.0. The summed E-state index contributed by atoms with van der Waals surface area (Å²) in [5.74, 6) is 2.91. The van der Waals surface area contributed by atoms with Crippen molar-refractivity contribution in [3.8, 4) is 0 Å². The van der Waals surface area contributed by atoms with Crippen LogP contribution in [0, 0.1) is 11.8 Å². The van der Waals surface area contributed by atoms with Crippen LogP contribution in [0.4, 0.5) is 0 Å². The fraction of sp³-hybridized carbons (Fsp3) is 0.765. The molecular weight excluding hydrogens is 306 g/mol. The molecule has 1 aromatic heterocycles. The zero-order valence-corrected chi connectivity index (χ0v) is 14.4. The van der Waals surface area contributed by atoms with Crippen molar-refractivity contribution in [2.75, 3.05) is 19.6 Å². The van der Waals surface area contributed by atoms with Crippen molar-refractivity contribution >= 4 is 11.8 Å². The zero-order chi connectivity index (χ0) is 16.8. The van der Waals surface area contributed by atoms with E-state index in [-0.39, 0.29) is 17.7 Å². The first-order valence-corrected chi connectivity index (χ1v) is 9.01. The van der Waals surface area contributed by atoms with E-state index in [4.69, 9.17) is 0 Å². The molecule has 3 heterocycles. The lowest BCUT2D eigenvalue weighted by atomic mass is 10.1. The molecule has 2 fully saturated rings. The second-order valence-corrected chi connectivity index (χ2v) is 7.68. The van der Waals surface area contributed by atoms with Gasteiger partial charge in [-0.25, -0.2) is 0 Å². The molecule has 0 spiro atoms. The Kier molecular flexibility index (Phi) is 3.81. The molecule has 130 valence electrons. The minimum Gasteiger partial charge on any atom is -0.342 e. The second-order valence-electron chi connectivity index (χ2n) is 7.68. The largest absolute Gasteiger partial charge is 0.342 e. The van der Waals surface area contributed by atoms with Gasteiger partial charge in [-0.3, -0.25) is 9.59 Å². The number of amides is 2. The number of likely N-dealkylation sites (tertiary alicyclic amines) is 1. The maximum absolute atomic E-state index is 12.8. The van der Waals surface area contributed by atoms with Crippen molar-refractivity contribution in [1.29, 1.82) is 0 Å². The zero-order valence-electron chi connectivity index (χ0n) is 14.4. The summed E-state index contributed by atoms with van der Waals surface area (Å²) in [6, 6.07) is 0. The maximum Gasteiger partial charge on any atom is 0.228 e. The Labute approximate surface area is 142 Å². The highest BCUT2D eigenvalue weighted by molar-refractivity contribution is 5.89. The molecule has 0 aromatic carbocycles. The number of aromatic nitrogens is 3. The highest BCUT2D eigenvalue weighted by Gasteiger charge is 2.39. The third-order valence-corrected chi connectivity index (χ3v) is 5.35. The molecule has 1 aromatic rings. The van der Waals surface area contributed by atoms with Gasteiger partial charge in [-0.1, -0.05) is 13.8 Å². The first-order chi connectivity index (χ1) is 11.5. The summed E-state index contributed by atoms with van der Waals surface area (Å²) < 4.78 is 2.13. The van der Waals surface area contributed by atoms with Crippen LogP contribution in [-0.2, 0) is 22.7 Å². The van der Waals surface area contributed by atoms with E-state index in [1.807, 2.05) is 9.80 Å². The van der Waals surface area contributed by atoms with E-state index in [1.54, 1.807) is 0 Å². The molecule has 24 heavy (non-hydrogen) atoms. The van der Waals surface area contributed by atoms with E-state index in [0.29, 0.717) is 37.9 Å². The minimum absolute atomic E-state index is 0.0991. The highest BCUT2D eigenvalue weighted by Crippen LogP contribution is 2.32. The summed E-state index contributed by atoms with van der Waals surface area (Å²) in [6.07, 6.45) is 2.82. The Balaban J connectivity index is 1.41. The van der Waals surface area contributed by atoms with E-state index < -0.39 is 0 Å². The lowest BCUT2D eigenvalue weighted by Gasteiger charge is -2.30. The molecule has 1 saturated heterocycles. The molecule has 1 atom stereocenters. The summed E-state index contributed by atoms with van der Waals surface area (Å²) in [5.41, 5.74) is 0. The summed E-state index contributed by atoms with van der Waals surface area (Å²) in [4.78, 5) is 28.7. The number of rotatable bonds is 4. The quantitative estimate of drug-likeness (QED) is 0.825. The highest BCUT2D eigenvalue weighted by atomic mass is 16.2. The van der Waals surface area contributed by atoms with Crippen LogP contribution in [0.2, 0.25) is 0 Å². The monoisotopic (exact) mass is 331 g/mol. The topological polar surface area (TPSA) is 71.3 Å². The van der Waals surface area contributed by atoms with E-state index >= 15 is 0 Å². The van der Waals surface area contributed by atoms with Crippen LogP contribution in [0.15, 0.2) is 0 Å². The van der Waals surface area contributed by atoms with Crippen LogP contribution in [0.5, 0.6) is 0 Å². The molecule has 3 aliphatic rings. The molecule has 2 amide bonds. The SMILES string of the molecule is CC(C)c1nnc2n1CCN(C(=O)[C@@H]1CC(=O)N(CC3CC3)C1)C2. The molecule has 0 unspecified atom stereocenters. The van der Waals surface area contributed by atoms with Crippen molar-refractivity contribution in [2.24, 2.45) is 11.8 Å². The average Bonchev–Trinajstić information content (AvgIpc) is 3.15. The fourth-order valence-electron chi connectivity index (χ4n) is 3.78. The van der Waals surface area contributed by atoms with Crippen molar-refractivity contribution < 1.29 is 9.59 Å². The fourth-order valence-corrected chi connectivity index (χ4v) is 3.78. The van der Waals surface area contributed by atoms with Gasteiger partial charge in [-0.2, -0.15) is 0 Å². The lowest BCUT2D eigenvalue weighted by molar-refractivity contribution is -0.137. The maximum atomic E-state index is 12.8. The first-order valence-electron chi connectivity index (χ1n) is 9.01. The Morgan fingerprint density at radius 3 is 2.75 bits per heavy atom. The number of carbonyl (C=O) groups excluding carboxylic acids is 2. The van der Waals surface area contributed by atoms with Crippen LogP contribution in [0.3, 0.4) is 0 Å². The van der Waals surface area contributed by atoms with Gasteiger partial charge < -0.3 is 14.4 Å². The van der Waals surface area contributed by atoms with Crippen molar-refractivity contribution in [1.82, 2.24) is 24.6 Å². The number of carbonyl (C=O) groups is 2. The summed E-state index contributed by atoms with van der Waals surface area (Å²) in [5, 5.41) is 8.52. The molecule has 7 nitrogen and oxygen atoms in total. The second kappa shape index (κ2) is 5.86. The van der Waals surface area contributed by atoms with Crippen LogP contribution in [0.25, 0.3) is 0 Å². The number of fused-ring (bicyclic) bond motifs is 1. The molecule has 7 heteroatoms. The molecule has 0 N–H and O–H groups in total.